The molecule has 1 aliphatic heterocycles. The van der Waals surface area contributed by atoms with E-state index in [-0.39, 0.29) is 24.0 Å². The van der Waals surface area contributed by atoms with Gasteiger partial charge in [-0.1, -0.05) is 6.92 Å². The summed E-state index contributed by atoms with van der Waals surface area (Å²) in [6.07, 6.45) is 4.43. The molecule has 0 radical (unpaired) electrons. The molecule has 1 aromatic heterocycles. The topological polar surface area (TPSA) is 54.7 Å². The normalized spacial score (nSPS) is 15.5. The molecule has 1 aliphatic rings. The number of hydrogen-bond donors (Lipinski definition) is 1. The average Bonchev–Trinajstić information content (AvgIpc) is 3.12. The molecule has 0 saturated carbocycles. The fourth-order valence-electron chi connectivity index (χ4n) is 3.06. The third-order valence-corrected chi connectivity index (χ3v) is 4.70. The molecule has 1 aromatic carbocycles. The van der Waals surface area contributed by atoms with Crippen LogP contribution in [0.2, 0.25) is 0 Å². The molecule has 7 heteroatoms. The highest BCUT2D eigenvalue weighted by Gasteiger charge is 2.18. The maximum atomic E-state index is 5.19. The van der Waals surface area contributed by atoms with Crippen LogP contribution in [-0.2, 0) is 6.54 Å². The van der Waals surface area contributed by atoms with E-state index < -0.39 is 0 Å². The highest BCUT2D eigenvalue weighted by atomic mass is 127. The quantitative estimate of drug-likeness (QED) is 0.424. The average molecular weight is 469 g/mol. The molecule has 1 fully saturated rings. The molecule has 0 spiro atoms. The van der Waals surface area contributed by atoms with Gasteiger partial charge in [0.1, 0.15) is 5.75 Å². The summed E-state index contributed by atoms with van der Waals surface area (Å²) in [4.78, 5) is 6.75. The van der Waals surface area contributed by atoms with E-state index in [1.54, 1.807) is 7.11 Å². The number of methoxy groups -OCH3 is 1. The predicted molar refractivity (Wildman–Crippen MR) is 116 cm³/mol. The minimum Gasteiger partial charge on any atom is -0.497 e. The van der Waals surface area contributed by atoms with E-state index in [0.29, 0.717) is 6.54 Å². The molecule has 6 nitrogen and oxygen atoms in total. The van der Waals surface area contributed by atoms with Crippen LogP contribution in [0.4, 0.5) is 0 Å². The zero-order valence-corrected chi connectivity index (χ0v) is 18.0. The molecule has 3 rings (SSSR count). The van der Waals surface area contributed by atoms with Crippen LogP contribution in [0.15, 0.2) is 41.5 Å². The molecular weight excluding hydrogens is 441 g/mol. The minimum atomic E-state index is 0. The number of ether oxygens (including phenoxy) is 1. The van der Waals surface area contributed by atoms with Gasteiger partial charge in [0, 0.05) is 26.3 Å². The lowest BCUT2D eigenvalue weighted by atomic mass is 10.00. The summed E-state index contributed by atoms with van der Waals surface area (Å²) >= 11 is 0. The van der Waals surface area contributed by atoms with Crippen molar-refractivity contribution in [2.75, 3.05) is 27.2 Å². The van der Waals surface area contributed by atoms with Gasteiger partial charge in [-0.15, -0.1) is 24.0 Å². The predicted octanol–water partition coefficient (Wildman–Crippen LogP) is 3.31. The summed E-state index contributed by atoms with van der Waals surface area (Å²) in [6.45, 7) is 5.13. The van der Waals surface area contributed by atoms with E-state index in [1.807, 2.05) is 48.3 Å². The van der Waals surface area contributed by atoms with E-state index in [4.69, 9.17) is 4.74 Å². The van der Waals surface area contributed by atoms with Crippen LogP contribution in [0.25, 0.3) is 5.69 Å². The number of aliphatic imine (C=N–C) groups is 1. The monoisotopic (exact) mass is 469 g/mol. The van der Waals surface area contributed by atoms with E-state index in [0.717, 1.165) is 42.1 Å². The summed E-state index contributed by atoms with van der Waals surface area (Å²) in [5, 5.41) is 8.07. The number of nitrogens with one attached hydrogen (secondary N) is 1. The second kappa shape index (κ2) is 9.80. The lowest BCUT2D eigenvalue weighted by Gasteiger charge is -2.32. The largest absolute Gasteiger partial charge is 0.497 e. The SMILES string of the molecule is CN=C(NCc1ccn(-c2ccc(OC)cc2)n1)N1CCC(C)CC1.I. The maximum absolute atomic E-state index is 5.19. The van der Waals surface area contributed by atoms with Gasteiger partial charge in [0.25, 0.3) is 0 Å². The molecule has 0 unspecified atom stereocenters. The van der Waals surface area contributed by atoms with Crippen molar-refractivity contribution in [1.29, 1.82) is 0 Å². The third-order valence-electron chi connectivity index (χ3n) is 4.70. The molecule has 0 bridgehead atoms. The van der Waals surface area contributed by atoms with Gasteiger partial charge in [0.15, 0.2) is 5.96 Å². The van der Waals surface area contributed by atoms with Crippen LogP contribution >= 0.6 is 24.0 Å². The first kappa shape index (κ1) is 20.5. The molecule has 0 atom stereocenters. The van der Waals surface area contributed by atoms with Gasteiger partial charge < -0.3 is 15.0 Å². The summed E-state index contributed by atoms with van der Waals surface area (Å²) in [5.74, 6) is 2.62. The molecule has 1 saturated heterocycles. The van der Waals surface area contributed by atoms with Gasteiger partial charge >= 0.3 is 0 Å². The van der Waals surface area contributed by atoms with Crippen LogP contribution in [0.5, 0.6) is 5.75 Å². The first-order valence-electron chi connectivity index (χ1n) is 8.84. The lowest BCUT2D eigenvalue weighted by Crippen LogP contribution is -2.45. The van der Waals surface area contributed by atoms with Crippen molar-refractivity contribution in [3.05, 3.63) is 42.2 Å². The number of rotatable bonds is 4. The van der Waals surface area contributed by atoms with Crippen LogP contribution in [0.1, 0.15) is 25.5 Å². The highest BCUT2D eigenvalue weighted by molar-refractivity contribution is 14.0. The van der Waals surface area contributed by atoms with Crippen molar-refractivity contribution in [1.82, 2.24) is 20.0 Å². The van der Waals surface area contributed by atoms with Gasteiger partial charge in [-0.3, -0.25) is 4.99 Å². The molecule has 2 aromatic rings. The third kappa shape index (κ3) is 5.12. The Morgan fingerprint density at radius 3 is 2.54 bits per heavy atom. The number of benzene rings is 1. The number of likely N-dealkylation sites (tertiary alicyclic amines) is 1. The molecule has 2 heterocycles. The molecule has 26 heavy (non-hydrogen) atoms. The van der Waals surface area contributed by atoms with Crippen molar-refractivity contribution in [3.8, 4) is 11.4 Å². The van der Waals surface area contributed by atoms with Gasteiger partial charge in [-0.2, -0.15) is 5.10 Å². The van der Waals surface area contributed by atoms with E-state index in [2.05, 4.69) is 27.2 Å². The fourth-order valence-corrected chi connectivity index (χ4v) is 3.06. The Bertz CT molecular complexity index is 705. The molecule has 0 aliphatic carbocycles. The Morgan fingerprint density at radius 2 is 1.92 bits per heavy atom. The Balaban J connectivity index is 0.00000243. The van der Waals surface area contributed by atoms with Crippen LogP contribution in [0, 0.1) is 5.92 Å². The summed E-state index contributed by atoms with van der Waals surface area (Å²) in [5.41, 5.74) is 2.00. The first-order chi connectivity index (χ1) is 12.2. The first-order valence-corrected chi connectivity index (χ1v) is 8.84. The number of piperidine rings is 1. The standard InChI is InChI=1S/C19H27N5O.HI/c1-15-8-11-23(12-9-15)19(20-2)21-14-16-10-13-24(22-16)17-4-6-18(25-3)7-5-17;/h4-7,10,13,15H,8-9,11-12,14H2,1-3H3,(H,20,21);1H. The van der Waals surface area contributed by atoms with E-state index in [9.17, 15) is 0 Å². The summed E-state index contributed by atoms with van der Waals surface area (Å²) < 4.78 is 7.07. The van der Waals surface area contributed by atoms with Crippen LogP contribution in [0.3, 0.4) is 0 Å². The molecule has 142 valence electrons. The highest BCUT2D eigenvalue weighted by Crippen LogP contribution is 2.16. The minimum absolute atomic E-state index is 0. The van der Waals surface area contributed by atoms with Crippen molar-refractivity contribution in [3.63, 3.8) is 0 Å². The van der Waals surface area contributed by atoms with Gasteiger partial charge in [-0.25, -0.2) is 4.68 Å². The van der Waals surface area contributed by atoms with Crippen molar-refractivity contribution in [2.24, 2.45) is 10.9 Å². The number of nitrogens with zero attached hydrogens (tertiary/aromatic N) is 4. The number of aromatic nitrogens is 2. The summed E-state index contributed by atoms with van der Waals surface area (Å²) in [7, 11) is 3.51. The van der Waals surface area contributed by atoms with Gasteiger partial charge in [-0.05, 0) is 49.1 Å². The second-order valence-electron chi connectivity index (χ2n) is 6.52. The fraction of sp³-hybridized carbons (Fsp3) is 0.474. The maximum Gasteiger partial charge on any atom is 0.193 e. The lowest BCUT2D eigenvalue weighted by molar-refractivity contribution is 0.273. The van der Waals surface area contributed by atoms with Gasteiger partial charge in [0.05, 0.1) is 25.0 Å². The van der Waals surface area contributed by atoms with E-state index >= 15 is 0 Å². The number of guanidine groups is 1. The Kier molecular flexibility index (Phi) is 7.74. The van der Waals surface area contributed by atoms with Gasteiger partial charge in [0.2, 0.25) is 0 Å². The van der Waals surface area contributed by atoms with Crippen molar-refractivity contribution >= 4 is 29.9 Å². The molecule has 1 N–H and O–H groups in total. The zero-order valence-electron chi connectivity index (χ0n) is 15.7. The zero-order chi connectivity index (χ0) is 17.6. The number of hydrogen-bond acceptors (Lipinski definition) is 3. The molecular formula is C19H28IN5O. The van der Waals surface area contributed by atoms with E-state index in [1.165, 1.54) is 12.8 Å². The van der Waals surface area contributed by atoms with Crippen LogP contribution in [-0.4, -0.2) is 47.9 Å². The second-order valence-corrected chi connectivity index (χ2v) is 6.52. The molecule has 0 amide bonds. The summed E-state index contributed by atoms with van der Waals surface area (Å²) in [6, 6.07) is 9.90. The van der Waals surface area contributed by atoms with Crippen molar-refractivity contribution < 1.29 is 4.74 Å². The number of halogens is 1. The Morgan fingerprint density at radius 1 is 1.23 bits per heavy atom. The smallest absolute Gasteiger partial charge is 0.193 e. The van der Waals surface area contributed by atoms with Crippen LogP contribution < -0.4 is 10.1 Å². The Labute approximate surface area is 172 Å². The van der Waals surface area contributed by atoms with Crippen molar-refractivity contribution in [2.45, 2.75) is 26.3 Å². The Hall–Kier alpha value is -1.77.